The first-order chi connectivity index (χ1) is 6.75. The zero-order valence-electron chi connectivity index (χ0n) is 7.69. The molecule has 74 valence electrons. The molecule has 0 radical (unpaired) electrons. The number of para-hydroxylation sites is 1. The molecule has 0 amide bonds. The third kappa shape index (κ3) is 3.14. The number of anilines is 1. The van der Waals surface area contributed by atoms with Gasteiger partial charge < -0.3 is 5.32 Å². The van der Waals surface area contributed by atoms with Gasteiger partial charge in [0.2, 0.25) is 0 Å². The molecular weight excluding hydrogens is 217 g/mol. The Kier molecular flexibility index (Phi) is 4.65. The molecule has 0 atom stereocenters. The van der Waals surface area contributed by atoms with E-state index >= 15 is 0 Å². The minimum atomic E-state index is 0.637. The Balaban J connectivity index is 2.54. The van der Waals surface area contributed by atoms with Crippen LogP contribution in [-0.4, -0.2) is 6.54 Å². The summed E-state index contributed by atoms with van der Waals surface area (Å²) in [7, 11) is 0. The molecule has 3 heteroatoms. The number of hydrogen-bond acceptors (Lipinski definition) is 1. The van der Waals surface area contributed by atoms with Gasteiger partial charge in [-0.2, -0.15) is 0 Å². The van der Waals surface area contributed by atoms with Gasteiger partial charge in [0.05, 0.1) is 15.7 Å². The van der Waals surface area contributed by atoms with Gasteiger partial charge in [0, 0.05) is 13.0 Å². The first-order valence-electron chi connectivity index (χ1n) is 4.37. The van der Waals surface area contributed by atoms with Crippen LogP contribution in [-0.2, 0) is 0 Å². The van der Waals surface area contributed by atoms with Gasteiger partial charge in [-0.3, -0.25) is 0 Å². The van der Waals surface area contributed by atoms with E-state index in [-0.39, 0.29) is 0 Å². The summed E-state index contributed by atoms with van der Waals surface area (Å²) >= 11 is 11.9. The van der Waals surface area contributed by atoms with Crippen LogP contribution in [0.2, 0.25) is 10.0 Å². The first kappa shape index (κ1) is 11.2. The molecule has 1 rings (SSSR count). The molecule has 0 fully saturated rings. The van der Waals surface area contributed by atoms with E-state index in [1.165, 1.54) is 0 Å². The predicted octanol–water partition coefficient (Wildman–Crippen LogP) is 3.82. The Morgan fingerprint density at radius 1 is 1.29 bits per heavy atom. The second-order valence-electron chi connectivity index (χ2n) is 2.83. The number of benzene rings is 1. The lowest BCUT2D eigenvalue weighted by molar-refractivity contribution is 0.907. The van der Waals surface area contributed by atoms with Crippen LogP contribution in [0.5, 0.6) is 0 Å². The van der Waals surface area contributed by atoms with Crippen molar-refractivity contribution >= 4 is 28.9 Å². The van der Waals surface area contributed by atoms with Crippen molar-refractivity contribution in [2.45, 2.75) is 12.8 Å². The topological polar surface area (TPSA) is 12.0 Å². The van der Waals surface area contributed by atoms with Crippen LogP contribution >= 0.6 is 23.2 Å². The number of terminal acetylenes is 1. The lowest BCUT2D eigenvalue weighted by atomic mass is 10.3. The molecule has 0 aromatic heterocycles. The third-order valence-corrected chi connectivity index (χ3v) is 2.39. The Bertz CT molecular complexity index is 321. The van der Waals surface area contributed by atoms with Crippen molar-refractivity contribution in [3.05, 3.63) is 28.2 Å². The summed E-state index contributed by atoms with van der Waals surface area (Å²) < 4.78 is 0. The maximum atomic E-state index is 5.96. The number of nitrogens with one attached hydrogen (secondary N) is 1. The van der Waals surface area contributed by atoms with Crippen LogP contribution < -0.4 is 5.32 Å². The van der Waals surface area contributed by atoms with Crippen LogP contribution in [0.15, 0.2) is 18.2 Å². The summed E-state index contributed by atoms with van der Waals surface area (Å²) in [6.07, 6.45) is 6.81. The quantitative estimate of drug-likeness (QED) is 0.610. The second kappa shape index (κ2) is 5.80. The van der Waals surface area contributed by atoms with Gasteiger partial charge in [0.15, 0.2) is 0 Å². The van der Waals surface area contributed by atoms with Crippen molar-refractivity contribution in [1.29, 1.82) is 0 Å². The van der Waals surface area contributed by atoms with E-state index in [2.05, 4.69) is 11.2 Å². The fourth-order valence-electron chi connectivity index (χ4n) is 1.07. The minimum Gasteiger partial charge on any atom is -0.383 e. The summed E-state index contributed by atoms with van der Waals surface area (Å²) in [5.41, 5.74) is 0.785. The lowest BCUT2D eigenvalue weighted by Crippen LogP contribution is -2.01. The molecule has 1 N–H and O–H groups in total. The van der Waals surface area contributed by atoms with E-state index in [0.29, 0.717) is 10.0 Å². The van der Waals surface area contributed by atoms with Crippen LogP contribution in [0.25, 0.3) is 0 Å². The Hall–Kier alpha value is -0.840. The molecule has 1 aromatic carbocycles. The molecule has 1 nitrogen and oxygen atoms in total. The van der Waals surface area contributed by atoms with Gasteiger partial charge in [-0.1, -0.05) is 29.3 Å². The summed E-state index contributed by atoms with van der Waals surface area (Å²) in [6, 6.07) is 5.42. The molecule has 14 heavy (non-hydrogen) atoms. The van der Waals surface area contributed by atoms with E-state index in [1.807, 2.05) is 6.07 Å². The van der Waals surface area contributed by atoms with Crippen molar-refractivity contribution in [1.82, 2.24) is 0 Å². The molecule has 1 aromatic rings. The molecule has 0 aliphatic heterocycles. The standard InChI is InChI=1S/C11H11Cl2N/c1-2-3-4-8-14-11-9(12)6-5-7-10(11)13/h1,5-7,14H,3-4,8H2. The maximum absolute atomic E-state index is 5.96. The number of rotatable bonds is 4. The van der Waals surface area contributed by atoms with Gasteiger partial charge in [-0.05, 0) is 18.6 Å². The molecule has 0 bridgehead atoms. The molecule has 0 saturated carbocycles. The van der Waals surface area contributed by atoms with Crippen LogP contribution in [0.1, 0.15) is 12.8 Å². The van der Waals surface area contributed by atoms with Crippen molar-refractivity contribution in [3.8, 4) is 12.3 Å². The highest BCUT2D eigenvalue weighted by Gasteiger charge is 2.02. The summed E-state index contributed by atoms with van der Waals surface area (Å²) in [5, 5.41) is 4.43. The Morgan fingerprint density at radius 3 is 2.50 bits per heavy atom. The summed E-state index contributed by atoms with van der Waals surface area (Å²) in [6.45, 7) is 0.785. The monoisotopic (exact) mass is 227 g/mol. The minimum absolute atomic E-state index is 0.637. The number of hydrogen-bond donors (Lipinski definition) is 1. The highest BCUT2D eigenvalue weighted by Crippen LogP contribution is 2.29. The van der Waals surface area contributed by atoms with E-state index in [4.69, 9.17) is 29.6 Å². The molecule has 0 aliphatic rings. The molecule has 0 spiro atoms. The Morgan fingerprint density at radius 2 is 1.93 bits per heavy atom. The summed E-state index contributed by atoms with van der Waals surface area (Å²) in [5.74, 6) is 2.58. The highest BCUT2D eigenvalue weighted by molar-refractivity contribution is 6.39. The largest absolute Gasteiger partial charge is 0.383 e. The lowest BCUT2D eigenvalue weighted by Gasteiger charge is -2.08. The third-order valence-electron chi connectivity index (χ3n) is 1.76. The van der Waals surface area contributed by atoms with Crippen LogP contribution in [0, 0.1) is 12.3 Å². The maximum Gasteiger partial charge on any atom is 0.0718 e. The SMILES string of the molecule is C#CCCCNc1c(Cl)cccc1Cl. The average Bonchev–Trinajstić information content (AvgIpc) is 2.16. The number of unbranched alkanes of at least 4 members (excludes halogenated alkanes) is 1. The average molecular weight is 228 g/mol. The Labute approximate surface area is 94.4 Å². The van der Waals surface area contributed by atoms with Crippen molar-refractivity contribution < 1.29 is 0 Å². The molecule has 0 saturated heterocycles. The van der Waals surface area contributed by atoms with Crippen LogP contribution in [0.3, 0.4) is 0 Å². The van der Waals surface area contributed by atoms with E-state index in [0.717, 1.165) is 25.1 Å². The smallest absolute Gasteiger partial charge is 0.0718 e. The predicted molar refractivity (Wildman–Crippen MR) is 63.0 cm³/mol. The van der Waals surface area contributed by atoms with Crippen molar-refractivity contribution in [2.75, 3.05) is 11.9 Å². The highest BCUT2D eigenvalue weighted by atomic mass is 35.5. The van der Waals surface area contributed by atoms with Gasteiger partial charge in [0.25, 0.3) is 0 Å². The number of halogens is 2. The molecule has 0 aliphatic carbocycles. The van der Waals surface area contributed by atoms with Gasteiger partial charge in [-0.15, -0.1) is 12.3 Å². The molecular formula is C11H11Cl2N. The molecule has 0 heterocycles. The van der Waals surface area contributed by atoms with Crippen molar-refractivity contribution in [3.63, 3.8) is 0 Å². The first-order valence-corrected chi connectivity index (χ1v) is 5.12. The van der Waals surface area contributed by atoms with Crippen molar-refractivity contribution in [2.24, 2.45) is 0 Å². The normalized spacial score (nSPS) is 9.50. The fourth-order valence-corrected chi connectivity index (χ4v) is 1.60. The zero-order chi connectivity index (χ0) is 10.4. The van der Waals surface area contributed by atoms with E-state index in [1.54, 1.807) is 12.1 Å². The summed E-state index contributed by atoms with van der Waals surface area (Å²) in [4.78, 5) is 0. The van der Waals surface area contributed by atoms with Gasteiger partial charge >= 0.3 is 0 Å². The fraction of sp³-hybridized carbons (Fsp3) is 0.273. The second-order valence-corrected chi connectivity index (χ2v) is 3.65. The van der Waals surface area contributed by atoms with Gasteiger partial charge in [0.1, 0.15) is 0 Å². The molecule has 0 unspecified atom stereocenters. The van der Waals surface area contributed by atoms with Gasteiger partial charge in [-0.25, -0.2) is 0 Å². The van der Waals surface area contributed by atoms with E-state index in [9.17, 15) is 0 Å². The van der Waals surface area contributed by atoms with E-state index < -0.39 is 0 Å². The zero-order valence-corrected chi connectivity index (χ0v) is 9.20. The van der Waals surface area contributed by atoms with Crippen LogP contribution in [0.4, 0.5) is 5.69 Å².